The van der Waals surface area contributed by atoms with E-state index in [0.29, 0.717) is 5.82 Å². The zero-order valence-electron chi connectivity index (χ0n) is 8.63. The molecule has 0 saturated heterocycles. The van der Waals surface area contributed by atoms with Crippen molar-refractivity contribution >= 4 is 5.97 Å². The van der Waals surface area contributed by atoms with Gasteiger partial charge in [0.15, 0.2) is 0 Å². The minimum atomic E-state index is -0.846. The van der Waals surface area contributed by atoms with Gasteiger partial charge in [-0.05, 0) is 19.8 Å². The zero-order chi connectivity index (χ0) is 10.6. The summed E-state index contributed by atoms with van der Waals surface area (Å²) in [5.74, 6) is -0.290. The monoisotopic (exact) mass is 196 g/mol. The number of carbonyl (C=O) groups is 1. The maximum absolute atomic E-state index is 10.4. The van der Waals surface area contributed by atoms with Gasteiger partial charge in [-0.15, -0.1) is 0 Å². The van der Waals surface area contributed by atoms with Crippen LogP contribution in [0.2, 0.25) is 0 Å². The van der Waals surface area contributed by atoms with E-state index in [-0.39, 0.29) is 6.42 Å². The molecular formula is C10H16N2O2. The standard InChI is InChI=1S/C10H16N2O2/c1-3-4-5-8-7(2)11-9(12-8)6-10(13)14/h3-6H2,1-2H3,(H,11,12)(H,13,14). The van der Waals surface area contributed by atoms with Gasteiger partial charge >= 0.3 is 5.97 Å². The van der Waals surface area contributed by atoms with Crippen LogP contribution in [-0.4, -0.2) is 21.0 Å². The number of aryl methyl sites for hydroxylation is 2. The van der Waals surface area contributed by atoms with Gasteiger partial charge in [-0.2, -0.15) is 0 Å². The fourth-order valence-electron chi connectivity index (χ4n) is 1.38. The van der Waals surface area contributed by atoms with E-state index in [0.717, 1.165) is 30.7 Å². The van der Waals surface area contributed by atoms with Crippen molar-refractivity contribution in [3.8, 4) is 0 Å². The molecule has 4 heteroatoms. The highest BCUT2D eigenvalue weighted by molar-refractivity contribution is 5.69. The molecule has 0 unspecified atom stereocenters. The molecule has 0 aromatic carbocycles. The molecule has 0 radical (unpaired) electrons. The lowest BCUT2D eigenvalue weighted by atomic mass is 10.2. The summed E-state index contributed by atoms with van der Waals surface area (Å²) >= 11 is 0. The lowest BCUT2D eigenvalue weighted by Crippen LogP contribution is -2.01. The van der Waals surface area contributed by atoms with Crippen LogP contribution in [0.1, 0.15) is 37.0 Å². The van der Waals surface area contributed by atoms with Crippen LogP contribution >= 0.6 is 0 Å². The largest absolute Gasteiger partial charge is 0.481 e. The van der Waals surface area contributed by atoms with Crippen molar-refractivity contribution in [2.45, 2.75) is 39.5 Å². The second-order valence-electron chi connectivity index (χ2n) is 3.43. The van der Waals surface area contributed by atoms with Gasteiger partial charge in [-0.3, -0.25) is 4.79 Å². The topological polar surface area (TPSA) is 66.0 Å². The van der Waals surface area contributed by atoms with Gasteiger partial charge < -0.3 is 10.1 Å². The number of aromatic nitrogens is 2. The highest BCUT2D eigenvalue weighted by atomic mass is 16.4. The van der Waals surface area contributed by atoms with Gasteiger partial charge in [-0.1, -0.05) is 13.3 Å². The van der Waals surface area contributed by atoms with Gasteiger partial charge in [-0.25, -0.2) is 4.98 Å². The number of imidazole rings is 1. The normalized spacial score (nSPS) is 10.4. The Labute approximate surface area is 83.4 Å². The minimum absolute atomic E-state index is 0.0209. The lowest BCUT2D eigenvalue weighted by Gasteiger charge is -1.94. The van der Waals surface area contributed by atoms with Crippen LogP contribution in [0.5, 0.6) is 0 Å². The van der Waals surface area contributed by atoms with Crippen LogP contribution < -0.4 is 0 Å². The van der Waals surface area contributed by atoms with Crippen molar-refractivity contribution in [1.29, 1.82) is 0 Å². The molecule has 4 nitrogen and oxygen atoms in total. The molecule has 0 atom stereocenters. The molecule has 0 aliphatic rings. The van der Waals surface area contributed by atoms with E-state index in [9.17, 15) is 4.79 Å². The number of nitrogens with zero attached hydrogens (tertiary/aromatic N) is 1. The molecule has 78 valence electrons. The van der Waals surface area contributed by atoms with Crippen LogP contribution in [-0.2, 0) is 17.6 Å². The lowest BCUT2D eigenvalue weighted by molar-refractivity contribution is -0.136. The Morgan fingerprint density at radius 3 is 2.86 bits per heavy atom. The zero-order valence-corrected chi connectivity index (χ0v) is 8.63. The number of rotatable bonds is 5. The van der Waals surface area contributed by atoms with E-state index >= 15 is 0 Å². The molecule has 1 heterocycles. The molecular weight excluding hydrogens is 180 g/mol. The maximum atomic E-state index is 10.4. The summed E-state index contributed by atoms with van der Waals surface area (Å²) in [4.78, 5) is 17.7. The first-order chi connectivity index (χ1) is 6.63. The summed E-state index contributed by atoms with van der Waals surface area (Å²) in [5, 5.41) is 8.58. The first-order valence-electron chi connectivity index (χ1n) is 4.89. The Morgan fingerprint density at radius 1 is 1.57 bits per heavy atom. The number of H-pyrrole nitrogens is 1. The first kappa shape index (κ1) is 10.8. The smallest absolute Gasteiger partial charge is 0.311 e. The highest BCUT2D eigenvalue weighted by Crippen LogP contribution is 2.09. The molecule has 2 N–H and O–H groups in total. The molecule has 14 heavy (non-hydrogen) atoms. The molecule has 0 amide bonds. The van der Waals surface area contributed by atoms with E-state index in [2.05, 4.69) is 16.9 Å². The molecule has 0 aliphatic heterocycles. The number of carboxylic acid groups (broad SMARTS) is 1. The van der Waals surface area contributed by atoms with Crippen LogP contribution in [0.15, 0.2) is 0 Å². The van der Waals surface area contributed by atoms with Gasteiger partial charge in [0, 0.05) is 5.69 Å². The fourth-order valence-corrected chi connectivity index (χ4v) is 1.38. The quantitative estimate of drug-likeness (QED) is 0.753. The number of hydrogen-bond acceptors (Lipinski definition) is 2. The maximum Gasteiger partial charge on any atom is 0.311 e. The molecule has 1 aromatic heterocycles. The third-order valence-electron chi connectivity index (χ3n) is 2.12. The Bertz CT molecular complexity index is 318. The first-order valence-corrected chi connectivity index (χ1v) is 4.89. The number of unbranched alkanes of at least 4 members (excludes halogenated alkanes) is 1. The number of nitrogens with one attached hydrogen (secondary N) is 1. The van der Waals surface area contributed by atoms with E-state index in [1.165, 1.54) is 0 Å². The molecule has 1 aromatic rings. The number of hydrogen-bond donors (Lipinski definition) is 2. The molecule has 0 aliphatic carbocycles. The molecule has 1 rings (SSSR count). The Kier molecular flexibility index (Phi) is 3.68. The highest BCUT2D eigenvalue weighted by Gasteiger charge is 2.08. The van der Waals surface area contributed by atoms with Crippen molar-refractivity contribution in [3.05, 3.63) is 17.2 Å². The second-order valence-corrected chi connectivity index (χ2v) is 3.43. The van der Waals surface area contributed by atoms with Crippen molar-refractivity contribution in [2.75, 3.05) is 0 Å². The average Bonchev–Trinajstić information content (AvgIpc) is 2.41. The SMILES string of the molecule is CCCCc1nc(CC(=O)O)[nH]c1C. The minimum Gasteiger partial charge on any atom is -0.481 e. The van der Waals surface area contributed by atoms with Crippen LogP contribution in [0, 0.1) is 6.92 Å². The van der Waals surface area contributed by atoms with Crippen molar-refractivity contribution in [2.24, 2.45) is 0 Å². The summed E-state index contributed by atoms with van der Waals surface area (Å²) in [6.45, 7) is 4.06. The third kappa shape index (κ3) is 2.87. The summed E-state index contributed by atoms with van der Waals surface area (Å²) in [6.07, 6.45) is 3.13. The van der Waals surface area contributed by atoms with Crippen molar-refractivity contribution in [1.82, 2.24) is 9.97 Å². The molecule has 0 fully saturated rings. The van der Waals surface area contributed by atoms with E-state index in [4.69, 9.17) is 5.11 Å². The van der Waals surface area contributed by atoms with Gasteiger partial charge in [0.2, 0.25) is 0 Å². The fraction of sp³-hybridized carbons (Fsp3) is 0.600. The van der Waals surface area contributed by atoms with Crippen LogP contribution in [0.25, 0.3) is 0 Å². The van der Waals surface area contributed by atoms with E-state index in [1.54, 1.807) is 0 Å². The van der Waals surface area contributed by atoms with Crippen molar-refractivity contribution < 1.29 is 9.90 Å². The average molecular weight is 196 g/mol. The number of aliphatic carboxylic acids is 1. The van der Waals surface area contributed by atoms with E-state index in [1.807, 2.05) is 6.92 Å². The Morgan fingerprint density at radius 2 is 2.29 bits per heavy atom. The summed E-state index contributed by atoms with van der Waals surface area (Å²) in [6, 6.07) is 0. The van der Waals surface area contributed by atoms with Crippen LogP contribution in [0.4, 0.5) is 0 Å². The third-order valence-corrected chi connectivity index (χ3v) is 2.12. The summed E-state index contributed by atoms with van der Waals surface area (Å²) in [5.41, 5.74) is 2.00. The molecule has 0 saturated carbocycles. The number of carboxylic acids is 1. The van der Waals surface area contributed by atoms with E-state index < -0.39 is 5.97 Å². The summed E-state index contributed by atoms with van der Waals surface area (Å²) in [7, 11) is 0. The summed E-state index contributed by atoms with van der Waals surface area (Å²) < 4.78 is 0. The Hall–Kier alpha value is -1.32. The second kappa shape index (κ2) is 4.79. The number of aromatic amines is 1. The predicted octanol–water partition coefficient (Wildman–Crippen LogP) is 1.69. The Balaban J connectivity index is 2.66. The van der Waals surface area contributed by atoms with Crippen LogP contribution in [0.3, 0.4) is 0 Å². The van der Waals surface area contributed by atoms with Gasteiger partial charge in [0.25, 0.3) is 0 Å². The predicted molar refractivity (Wildman–Crippen MR) is 53.3 cm³/mol. The van der Waals surface area contributed by atoms with Gasteiger partial charge in [0.1, 0.15) is 12.2 Å². The molecule has 0 spiro atoms. The molecule has 0 bridgehead atoms. The van der Waals surface area contributed by atoms with Crippen molar-refractivity contribution in [3.63, 3.8) is 0 Å². The van der Waals surface area contributed by atoms with Gasteiger partial charge in [0.05, 0.1) is 5.69 Å².